The van der Waals surface area contributed by atoms with E-state index in [2.05, 4.69) is 15.4 Å². The zero-order valence-corrected chi connectivity index (χ0v) is 15.2. The lowest BCUT2D eigenvalue weighted by Crippen LogP contribution is -2.45. The Kier molecular flexibility index (Phi) is 5.76. The summed E-state index contributed by atoms with van der Waals surface area (Å²) in [7, 11) is 0. The van der Waals surface area contributed by atoms with Gasteiger partial charge < -0.3 is 20.1 Å². The highest BCUT2D eigenvalue weighted by molar-refractivity contribution is 5.95. The summed E-state index contributed by atoms with van der Waals surface area (Å²) in [5.41, 5.74) is 0.442. The second-order valence-electron chi connectivity index (χ2n) is 6.25. The van der Waals surface area contributed by atoms with Crippen molar-refractivity contribution in [3.8, 4) is 11.5 Å². The summed E-state index contributed by atoms with van der Waals surface area (Å²) in [5.74, 6) is -0.163. The number of nitrogens with one attached hydrogen (secondary N) is 2. The number of esters is 1. The van der Waals surface area contributed by atoms with Gasteiger partial charge in [-0.2, -0.15) is 13.2 Å². The highest BCUT2D eigenvalue weighted by atomic mass is 19.4. The number of benzene rings is 2. The molecule has 1 aliphatic rings. The molecular formula is C20H17F3N2O4. The second-order valence-corrected chi connectivity index (χ2v) is 6.25. The number of halogens is 3. The maximum Gasteiger partial charge on any atom is 0.422 e. The third-order valence-corrected chi connectivity index (χ3v) is 4.03. The molecule has 3 rings (SSSR count). The minimum absolute atomic E-state index is 0.111. The van der Waals surface area contributed by atoms with E-state index >= 15 is 0 Å². The summed E-state index contributed by atoms with van der Waals surface area (Å²) in [5, 5.41) is 4.91. The fraction of sp³-hybridized carbons (Fsp3) is 0.200. The van der Waals surface area contributed by atoms with Crippen LogP contribution in [0.1, 0.15) is 18.5 Å². The average molecular weight is 406 g/mol. The predicted molar refractivity (Wildman–Crippen MR) is 97.1 cm³/mol. The molecule has 6 nitrogen and oxygen atoms in total. The second kappa shape index (κ2) is 8.26. The minimum Gasteiger partial charge on any atom is -0.457 e. The van der Waals surface area contributed by atoms with Crippen LogP contribution in [-0.4, -0.2) is 24.8 Å². The first kappa shape index (κ1) is 20.2. The first-order valence-electron chi connectivity index (χ1n) is 8.58. The Hall–Kier alpha value is -3.49. The van der Waals surface area contributed by atoms with Gasteiger partial charge in [-0.25, -0.2) is 9.59 Å². The van der Waals surface area contributed by atoms with Crippen LogP contribution in [0.15, 0.2) is 65.9 Å². The van der Waals surface area contributed by atoms with E-state index in [0.717, 1.165) is 0 Å². The quantitative estimate of drug-likeness (QED) is 0.730. The Balaban J connectivity index is 1.88. The lowest BCUT2D eigenvalue weighted by Gasteiger charge is -2.28. The van der Waals surface area contributed by atoms with Crippen LogP contribution in [0.3, 0.4) is 0 Å². The number of ether oxygens (including phenoxy) is 2. The van der Waals surface area contributed by atoms with Crippen molar-refractivity contribution in [2.75, 3.05) is 6.61 Å². The first-order chi connectivity index (χ1) is 13.7. The molecule has 1 atom stereocenters. The van der Waals surface area contributed by atoms with Gasteiger partial charge in [0.1, 0.15) is 11.5 Å². The van der Waals surface area contributed by atoms with Gasteiger partial charge in [-0.3, -0.25) is 0 Å². The number of alkyl halides is 3. The van der Waals surface area contributed by atoms with Crippen molar-refractivity contribution in [1.29, 1.82) is 0 Å². The topological polar surface area (TPSA) is 76.7 Å². The van der Waals surface area contributed by atoms with E-state index in [1.165, 1.54) is 6.92 Å². The summed E-state index contributed by atoms with van der Waals surface area (Å²) in [6.45, 7) is -0.305. The minimum atomic E-state index is -4.66. The molecule has 0 saturated carbocycles. The molecule has 2 aromatic rings. The smallest absolute Gasteiger partial charge is 0.422 e. The van der Waals surface area contributed by atoms with E-state index in [9.17, 15) is 22.8 Å². The lowest BCUT2D eigenvalue weighted by molar-refractivity contribution is -0.183. The molecule has 2 aromatic carbocycles. The molecule has 1 heterocycles. The molecule has 0 unspecified atom stereocenters. The van der Waals surface area contributed by atoms with Crippen molar-refractivity contribution in [2.45, 2.75) is 19.1 Å². The fourth-order valence-corrected chi connectivity index (χ4v) is 2.82. The van der Waals surface area contributed by atoms with Crippen molar-refractivity contribution < 1.29 is 32.2 Å². The number of carbonyl (C=O) groups excluding carboxylic acids is 2. The third-order valence-electron chi connectivity index (χ3n) is 4.03. The number of amides is 2. The number of para-hydroxylation sites is 1. The van der Waals surface area contributed by atoms with Crippen LogP contribution in [-0.2, 0) is 9.53 Å². The number of rotatable bonds is 5. The van der Waals surface area contributed by atoms with Crippen LogP contribution in [0.4, 0.5) is 18.0 Å². The number of allylic oxidation sites excluding steroid dienone is 1. The average Bonchev–Trinajstić information content (AvgIpc) is 2.66. The van der Waals surface area contributed by atoms with E-state index < -0.39 is 30.8 Å². The highest BCUT2D eigenvalue weighted by Crippen LogP contribution is 2.31. The van der Waals surface area contributed by atoms with Crippen LogP contribution < -0.4 is 15.4 Å². The van der Waals surface area contributed by atoms with E-state index in [-0.39, 0.29) is 11.3 Å². The van der Waals surface area contributed by atoms with Gasteiger partial charge in [0.2, 0.25) is 0 Å². The Morgan fingerprint density at radius 3 is 2.45 bits per heavy atom. The van der Waals surface area contributed by atoms with Crippen molar-refractivity contribution in [3.05, 3.63) is 71.4 Å². The van der Waals surface area contributed by atoms with E-state index in [4.69, 9.17) is 4.74 Å². The molecule has 1 aliphatic heterocycles. The summed E-state index contributed by atoms with van der Waals surface area (Å²) in [4.78, 5) is 24.2. The number of hydrogen-bond acceptors (Lipinski definition) is 4. The molecule has 0 radical (unpaired) electrons. The monoisotopic (exact) mass is 406 g/mol. The van der Waals surface area contributed by atoms with Crippen LogP contribution >= 0.6 is 0 Å². The number of urea groups is 1. The van der Waals surface area contributed by atoms with Crippen LogP contribution in [0.2, 0.25) is 0 Å². The molecule has 0 saturated heterocycles. The van der Waals surface area contributed by atoms with Crippen molar-refractivity contribution in [1.82, 2.24) is 10.6 Å². The fourth-order valence-electron chi connectivity index (χ4n) is 2.82. The maximum atomic E-state index is 12.4. The van der Waals surface area contributed by atoms with E-state index in [1.807, 2.05) is 6.07 Å². The summed E-state index contributed by atoms with van der Waals surface area (Å²) in [6.07, 6.45) is -4.66. The largest absolute Gasteiger partial charge is 0.457 e. The van der Waals surface area contributed by atoms with Crippen molar-refractivity contribution in [2.24, 2.45) is 0 Å². The zero-order valence-electron chi connectivity index (χ0n) is 15.2. The first-order valence-corrected chi connectivity index (χ1v) is 8.58. The van der Waals surface area contributed by atoms with Gasteiger partial charge in [0.25, 0.3) is 0 Å². The molecule has 0 fully saturated rings. The third kappa shape index (κ3) is 5.28. The van der Waals surface area contributed by atoms with Gasteiger partial charge in [-0.15, -0.1) is 0 Å². The number of hydrogen-bond donors (Lipinski definition) is 2. The van der Waals surface area contributed by atoms with Crippen LogP contribution in [0, 0.1) is 0 Å². The molecule has 29 heavy (non-hydrogen) atoms. The lowest BCUT2D eigenvalue weighted by atomic mass is 9.95. The molecule has 0 bridgehead atoms. The van der Waals surface area contributed by atoms with Gasteiger partial charge in [-0.1, -0.05) is 30.3 Å². The summed E-state index contributed by atoms with van der Waals surface area (Å²) >= 11 is 0. The Bertz CT molecular complexity index is 942. The van der Waals surface area contributed by atoms with Gasteiger partial charge >= 0.3 is 18.2 Å². The summed E-state index contributed by atoms with van der Waals surface area (Å²) < 4.78 is 47.4. The van der Waals surface area contributed by atoms with Crippen LogP contribution in [0.25, 0.3) is 0 Å². The SMILES string of the molecule is CC1=C(C(=O)OCC(F)(F)F)[C@@H](c2cccc(Oc3ccccc3)c2)NC(=O)N1. The molecule has 2 amide bonds. The molecule has 152 valence electrons. The Morgan fingerprint density at radius 2 is 1.76 bits per heavy atom. The highest BCUT2D eigenvalue weighted by Gasteiger charge is 2.35. The number of carbonyl (C=O) groups is 2. The Labute approximate surface area is 164 Å². The molecule has 9 heteroatoms. The van der Waals surface area contributed by atoms with Gasteiger partial charge in [0.15, 0.2) is 6.61 Å². The van der Waals surface area contributed by atoms with Gasteiger partial charge in [-0.05, 0) is 36.8 Å². The van der Waals surface area contributed by atoms with Crippen molar-refractivity contribution in [3.63, 3.8) is 0 Å². The molecule has 0 aliphatic carbocycles. The summed E-state index contributed by atoms with van der Waals surface area (Å²) in [6, 6.07) is 13.9. The van der Waals surface area contributed by atoms with E-state index in [1.54, 1.807) is 48.5 Å². The van der Waals surface area contributed by atoms with Gasteiger partial charge in [0.05, 0.1) is 11.6 Å². The molecular weight excluding hydrogens is 389 g/mol. The van der Waals surface area contributed by atoms with E-state index in [0.29, 0.717) is 17.1 Å². The Morgan fingerprint density at radius 1 is 1.07 bits per heavy atom. The molecule has 2 N–H and O–H groups in total. The van der Waals surface area contributed by atoms with Crippen molar-refractivity contribution >= 4 is 12.0 Å². The zero-order chi connectivity index (χ0) is 21.0. The maximum absolute atomic E-state index is 12.4. The normalized spacial score (nSPS) is 16.7. The van der Waals surface area contributed by atoms with Gasteiger partial charge in [0, 0.05) is 5.70 Å². The predicted octanol–water partition coefficient (Wildman–Crippen LogP) is 4.21. The standard InChI is InChI=1S/C20H17F3N2O4/c1-12-16(18(26)28-11-20(21,22)23)17(25-19(27)24-12)13-6-5-9-15(10-13)29-14-7-3-2-4-8-14/h2-10,17H,11H2,1H3,(H2,24,25,27)/t17-/m1/s1. The molecule has 0 spiro atoms. The van der Waals surface area contributed by atoms with Crippen LogP contribution in [0.5, 0.6) is 11.5 Å². The molecule has 0 aromatic heterocycles.